The minimum absolute atomic E-state index is 0.0188. The number of methoxy groups -OCH3 is 1. The minimum Gasteiger partial charge on any atom is -0.497 e. The van der Waals surface area contributed by atoms with E-state index in [1.807, 2.05) is 17.0 Å². The second-order valence-corrected chi connectivity index (χ2v) is 10.5. The first-order chi connectivity index (χ1) is 19.9. The van der Waals surface area contributed by atoms with Crippen LogP contribution in [0.4, 0.5) is 15.8 Å². The fourth-order valence-corrected chi connectivity index (χ4v) is 5.14. The van der Waals surface area contributed by atoms with Crippen molar-refractivity contribution in [1.29, 1.82) is 0 Å². The lowest BCUT2D eigenvalue weighted by Crippen LogP contribution is -2.36. The lowest BCUT2D eigenvalue weighted by Gasteiger charge is -2.27. The van der Waals surface area contributed by atoms with Crippen molar-refractivity contribution in [2.75, 3.05) is 43.5 Å². The molecule has 0 radical (unpaired) electrons. The number of ether oxygens (including phenoxy) is 1. The predicted molar refractivity (Wildman–Crippen MR) is 156 cm³/mol. The van der Waals surface area contributed by atoms with E-state index in [4.69, 9.17) is 4.74 Å². The van der Waals surface area contributed by atoms with Crippen LogP contribution in [-0.2, 0) is 11.3 Å². The van der Waals surface area contributed by atoms with Gasteiger partial charge in [0.25, 0.3) is 11.8 Å². The Morgan fingerprint density at radius 3 is 2.34 bits per heavy atom. The Morgan fingerprint density at radius 2 is 1.66 bits per heavy atom. The van der Waals surface area contributed by atoms with E-state index in [2.05, 4.69) is 15.5 Å². The highest BCUT2D eigenvalue weighted by Crippen LogP contribution is 2.30. The first kappa shape index (κ1) is 28.1. The molecular weight excluding hydrogens is 523 g/mol. The van der Waals surface area contributed by atoms with Gasteiger partial charge in [-0.25, -0.2) is 4.39 Å². The smallest absolute Gasteiger partial charge is 0.253 e. The monoisotopic (exact) mass is 558 g/mol. The lowest BCUT2D eigenvalue weighted by molar-refractivity contribution is -0.122. The van der Waals surface area contributed by atoms with Crippen molar-refractivity contribution in [3.63, 3.8) is 0 Å². The second kappa shape index (κ2) is 12.8. The summed E-state index contributed by atoms with van der Waals surface area (Å²) in [5, 5.41) is 5.91. The molecule has 3 aromatic carbocycles. The molecular formula is C32H35FN4O4. The summed E-state index contributed by atoms with van der Waals surface area (Å²) in [6.45, 7) is 2.55. The molecule has 0 aromatic heterocycles. The van der Waals surface area contributed by atoms with Crippen molar-refractivity contribution in [3.05, 3.63) is 89.2 Å². The summed E-state index contributed by atoms with van der Waals surface area (Å²) < 4.78 is 18.5. The van der Waals surface area contributed by atoms with Crippen LogP contribution in [-0.4, -0.2) is 55.9 Å². The third-order valence-electron chi connectivity index (χ3n) is 7.81. The molecule has 1 heterocycles. The Morgan fingerprint density at radius 1 is 0.902 bits per heavy atom. The largest absolute Gasteiger partial charge is 0.497 e. The molecule has 0 spiro atoms. The SMILES string of the molecule is COc1ccc(C(=O)N2CCCN(c3ccc(NC(=O)C4CCC4)cc3C(=O)NCc3ccc(F)cc3)CC2)cc1. The highest BCUT2D eigenvalue weighted by Gasteiger charge is 2.27. The van der Waals surface area contributed by atoms with Crippen molar-refractivity contribution in [2.45, 2.75) is 32.2 Å². The van der Waals surface area contributed by atoms with Gasteiger partial charge in [0.2, 0.25) is 5.91 Å². The van der Waals surface area contributed by atoms with Gasteiger partial charge in [-0.1, -0.05) is 18.6 Å². The van der Waals surface area contributed by atoms with Crippen LogP contribution in [0.2, 0.25) is 0 Å². The zero-order chi connectivity index (χ0) is 28.8. The van der Waals surface area contributed by atoms with E-state index in [0.29, 0.717) is 48.7 Å². The van der Waals surface area contributed by atoms with Gasteiger partial charge in [-0.3, -0.25) is 14.4 Å². The van der Waals surface area contributed by atoms with E-state index in [-0.39, 0.29) is 36.0 Å². The number of amides is 3. The third kappa shape index (κ3) is 6.85. The van der Waals surface area contributed by atoms with Gasteiger partial charge in [-0.2, -0.15) is 0 Å². The molecule has 2 fully saturated rings. The maximum absolute atomic E-state index is 13.5. The third-order valence-corrected chi connectivity index (χ3v) is 7.81. The van der Waals surface area contributed by atoms with Crippen LogP contribution in [0.25, 0.3) is 0 Å². The van der Waals surface area contributed by atoms with E-state index in [0.717, 1.165) is 36.9 Å². The van der Waals surface area contributed by atoms with Crippen LogP contribution in [0.1, 0.15) is 52.0 Å². The van der Waals surface area contributed by atoms with Gasteiger partial charge in [0.1, 0.15) is 11.6 Å². The van der Waals surface area contributed by atoms with Gasteiger partial charge < -0.3 is 25.2 Å². The van der Waals surface area contributed by atoms with Crippen LogP contribution in [0.5, 0.6) is 5.75 Å². The molecule has 3 aromatic rings. The lowest BCUT2D eigenvalue weighted by atomic mass is 9.85. The number of carbonyl (C=O) groups excluding carboxylic acids is 3. The number of nitrogens with zero attached hydrogens (tertiary/aromatic N) is 2. The molecule has 3 amide bonds. The first-order valence-corrected chi connectivity index (χ1v) is 14.1. The number of nitrogens with one attached hydrogen (secondary N) is 2. The van der Waals surface area contributed by atoms with E-state index in [1.165, 1.54) is 12.1 Å². The van der Waals surface area contributed by atoms with Crippen LogP contribution in [0.15, 0.2) is 66.7 Å². The average Bonchev–Trinajstić information content (AvgIpc) is 3.22. The van der Waals surface area contributed by atoms with Crippen LogP contribution < -0.4 is 20.3 Å². The number of carbonyl (C=O) groups is 3. The van der Waals surface area contributed by atoms with Crippen molar-refractivity contribution >= 4 is 29.1 Å². The van der Waals surface area contributed by atoms with E-state index in [1.54, 1.807) is 49.6 Å². The molecule has 0 bridgehead atoms. The molecule has 0 atom stereocenters. The second-order valence-electron chi connectivity index (χ2n) is 10.5. The van der Waals surface area contributed by atoms with Crippen molar-refractivity contribution in [3.8, 4) is 5.75 Å². The summed E-state index contributed by atoms with van der Waals surface area (Å²) in [5.74, 6) is 0.0220. The highest BCUT2D eigenvalue weighted by molar-refractivity contribution is 6.02. The molecule has 1 saturated carbocycles. The standard InChI is InChI=1S/C32H35FN4O4/c1-41-27-13-8-24(9-14-27)32(40)37-17-3-16-36(18-19-37)29-15-12-26(35-30(38)23-4-2-5-23)20-28(29)31(39)34-21-22-6-10-25(33)11-7-22/h6-15,20,23H,2-5,16-19,21H2,1H3,(H,34,39)(H,35,38). The topological polar surface area (TPSA) is 91.0 Å². The molecule has 1 aliphatic heterocycles. The first-order valence-electron chi connectivity index (χ1n) is 14.1. The minimum atomic E-state index is -0.335. The Hall–Kier alpha value is -4.40. The number of halogens is 1. The number of rotatable bonds is 8. The van der Waals surface area contributed by atoms with Crippen LogP contribution in [0, 0.1) is 11.7 Å². The average molecular weight is 559 g/mol. The molecule has 0 unspecified atom stereocenters. The molecule has 9 heteroatoms. The van der Waals surface area contributed by atoms with Gasteiger partial charge in [0, 0.05) is 55.6 Å². The Kier molecular flexibility index (Phi) is 8.82. The fourth-order valence-electron chi connectivity index (χ4n) is 5.14. The van der Waals surface area contributed by atoms with Gasteiger partial charge in [-0.05, 0) is 79.4 Å². The quantitative estimate of drug-likeness (QED) is 0.412. The maximum Gasteiger partial charge on any atom is 0.253 e. The fraction of sp³-hybridized carbons (Fsp3) is 0.344. The van der Waals surface area contributed by atoms with Gasteiger partial charge >= 0.3 is 0 Å². The predicted octanol–water partition coefficient (Wildman–Crippen LogP) is 4.86. The zero-order valence-electron chi connectivity index (χ0n) is 23.2. The van der Waals surface area contributed by atoms with Crippen molar-refractivity contribution in [1.82, 2.24) is 10.2 Å². The van der Waals surface area contributed by atoms with Crippen LogP contribution >= 0.6 is 0 Å². The molecule has 41 heavy (non-hydrogen) atoms. The van der Waals surface area contributed by atoms with Crippen molar-refractivity contribution in [2.24, 2.45) is 5.92 Å². The molecule has 1 saturated heterocycles. The summed E-state index contributed by atoms with van der Waals surface area (Å²) in [7, 11) is 1.59. The van der Waals surface area contributed by atoms with Crippen molar-refractivity contribution < 1.29 is 23.5 Å². The summed E-state index contributed by atoms with van der Waals surface area (Å²) >= 11 is 0. The molecule has 214 valence electrons. The summed E-state index contributed by atoms with van der Waals surface area (Å²) in [6.07, 6.45) is 3.56. The van der Waals surface area contributed by atoms with E-state index < -0.39 is 0 Å². The van der Waals surface area contributed by atoms with E-state index in [9.17, 15) is 18.8 Å². The molecule has 1 aliphatic carbocycles. The number of benzene rings is 3. The number of hydrogen-bond acceptors (Lipinski definition) is 5. The molecule has 2 aliphatic rings. The van der Waals surface area contributed by atoms with Gasteiger partial charge in [-0.15, -0.1) is 0 Å². The summed E-state index contributed by atoms with van der Waals surface area (Å²) in [5.41, 5.74) is 3.13. The number of hydrogen-bond donors (Lipinski definition) is 2. The summed E-state index contributed by atoms with van der Waals surface area (Å²) in [6, 6.07) is 18.5. The Labute approximate surface area is 239 Å². The summed E-state index contributed by atoms with van der Waals surface area (Å²) in [4.78, 5) is 43.2. The van der Waals surface area contributed by atoms with Gasteiger partial charge in [0.05, 0.1) is 12.7 Å². The number of anilines is 2. The normalized spacial score (nSPS) is 15.5. The van der Waals surface area contributed by atoms with Crippen LogP contribution in [0.3, 0.4) is 0 Å². The Bertz CT molecular complexity index is 1390. The Balaban J connectivity index is 1.32. The van der Waals surface area contributed by atoms with E-state index >= 15 is 0 Å². The molecule has 2 N–H and O–H groups in total. The molecule has 8 nitrogen and oxygen atoms in total. The molecule has 5 rings (SSSR count). The van der Waals surface area contributed by atoms with Gasteiger partial charge in [0.15, 0.2) is 0 Å². The highest BCUT2D eigenvalue weighted by atomic mass is 19.1. The maximum atomic E-state index is 13.5. The zero-order valence-corrected chi connectivity index (χ0v) is 23.2.